The molecule has 0 saturated heterocycles. The highest BCUT2D eigenvalue weighted by atomic mass is 35.5. The number of nitrogens with zero attached hydrogens (tertiary/aromatic N) is 1. The summed E-state index contributed by atoms with van der Waals surface area (Å²) in [7, 11) is 0. The van der Waals surface area contributed by atoms with E-state index in [1.165, 1.54) is 4.90 Å². The molecular weight excluding hydrogens is 530 g/mol. The Bertz CT molecular complexity index is 1520. The quantitative estimate of drug-likeness (QED) is 0.185. The summed E-state index contributed by atoms with van der Waals surface area (Å²) in [5.41, 5.74) is 2.19. The summed E-state index contributed by atoms with van der Waals surface area (Å²) >= 11 is 6.36. The van der Waals surface area contributed by atoms with Gasteiger partial charge in [0.1, 0.15) is 0 Å². The van der Waals surface area contributed by atoms with Gasteiger partial charge in [-0.3, -0.25) is 9.59 Å². The number of amides is 1. The topological polar surface area (TPSA) is 90.0 Å². The number of ketones is 1. The van der Waals surface area contributed by atoms with Crippen LogP contribution in [0, 0.1) is 6.92 Å². The van der Waals surface area contributed by atoms with Gasteiger partial charge in [-0.25, -0.2) is 9.59 Å². The maximum absolute atomic E-state index is 14.2. The summed E-state index contributed by atoms with van der Waals surface area (Å²) < 4.78 is 10.3. The Morgan fingerprint density at radius 3 is 2.23 bits per heavy atom. The van der Waals surface area contributed by atoms with Gasteiger partial charge in [0, 0.05) is 22.2 Å². The first-order valence-corrected chi connectivity index (χ1v) is 13.2. The Labute approximate surface area is 237 Å². The number of ether oxygens (including phenoxy) is 2. The number of rotatable bonds is 9. The average molecular weight is 558 g/mol. The predicted molar refractivity (Wildman–Crippen MR) is 153 cm³/mol. The van der Waals surface area contributed by atoms with Crippen molar-refractivity contribution in [3.05, 3.63) is 117 Å². The standard InChI is InChI=1S/C32H28ClNO6/c1-4-39-27(35)18-25(32(38)40-5-2)28(30(36)22-13-11-20(3)12-14-22)29-24-17-23(33)15-16-26(24)34(31(29)37)19-21-9-7-6-8-10-21/h6-18H,4-5,19H2,1-3H3/b25-18+,29-28+. The van der Waals surface area contributed by atoms with Crippen molar-refractivity contribution < 1.29 is 28.7 Å². The zero-order valence-corrected chi connectivity index (χ0v) is 23.2. The molecule has 204 valence electrons. The summed E-state index contributed by atoms with van der Waals surface area (Å²) in [6.45, 7) is 5.33. The first-order valence-electron chi connectivity index (χ1n) is 12.8. The first-order chi connectivity index (χ1) is 19.2. The molecule has 0 aromatic heterocycles. The molecule has 40 heavy (non-hydrogen) atoms. The lowest BCUT2D eigenvalue weighted by atomic mass is 9.88. The largest absolute Gasteiger partial charge is 0.463 e. The van der Waals surface area contributed by atoms with E-state index in [4.69, 9.17) is 21.1 Å². The van der Waals surface area contributed by atoms with E-state index in [1.54, 1.807) is 56.3 Å². The summed E-state index contributed by atoms with van der Waals surface area (Å²) in [5.74, 6) is -2.93. The number of fused-ring (bicyclic) bond motifs is 1. The molecule has 1 aliphatic rings. The molecule has 3 aromatic carbocycles. The van der Waals surface area contributed by atoms with Crippen LogP contribution < -0.4 is 4.90 Å². The van der Waals surface area contributed by atoms with Crippen molar-refractivity contribution in [1.82, 2.24) is 0 Å². The van der Waals surface area contributed by atoms with Crippen molar-refractivity contribution in [3.63, 3.8) is 0 Å². The van der Waals surface area contributed by atoms with E-state index in [1.807, 2.05) is 37.3 Å². The van der Waals surface area contributed by atoms with Crippen LogP contribution in [0.2, 0.25) is 5.02 Å². The number of anilines is 1. The van der Waals surface area contributed by atoms with Crippen LogP contribution in [-0.2, 0) is 30.4 Å². The second-order valence-electron chi connectivity index (χ2n) is 9.01. The zero-order chi connectivity index (χ0) is 28.8. The monoisotopic (exact) mass is 557 g/mol. The summed E-state index contributed by atoms with van der Waals surface area (Å²) in [4.78, 5) is 55.8. The Hall–Kier alpha value is -4.49. The van der Waals surface area contributed by atoms with E-state index >= 15 is 0 Å². The van der Waals surface area contributed by atoms with E-state index in [-0.39, 0.29) is 42.0 Å². The molecule has 4 rings (SSSR count). The second-order valence-corrected chi connectivity index (χ2v) is 9.45. The fourth-order valence-corrected chi connectivity index (χ4v) is 4.60. The highest BCUT2D eigenvalue weighted by molar-refractivity contribution is 6.41. The van der Waals surface area contributed by atoms with Gasteiger partial charge in [0.15, 0.2) is 5.78 Å². The molecule has 0 bridgehead atoms. The third-order valence-electron chi connectivity index (χ3n) is 6.27. The normalized spacial score (nSPS) is 14.1. The molecule has 0 atom stereocenters. The van der Waals surface area contributed by atoms with Gasteiger partial charge >= 0.3 is 11.9 Å². The maximum Gasteiger partial charge on any atom is 0.339 e. The van der Waals surface area contributed by atoms with Gasteiger partial charge in [0.2, 0.25) is 0 Å². The Morgan fingerprint density at radius 2 is 1.57 bits per heavy atom. The third-order valence-corrected chi connectivity index (χ3v) is 6.50. The van der Waals surface area contributed by atoms with Gasteiger partial charge in [-0.15, -0.1) is 0 Å². The molecular formula is C32H28ClNO6. The van der Waals surface area contributed by atoms with Crippen molar-refractivity contribution in [1.29, 1.82) is 0 Å². The molecule has 0 radical (unpaired) electrons. The van der Waals surface area contributed by atoms with Crippen LogP contribution in [0.5, 0.6) is 0 Å². The summed E-state index contributed by atoms with van der Waals surface area (Å²) in [6.07, 6.45) is 0.910. The highest BCUT2D eigenvalue weighted by Crippen LogP contribution is 2.43. The molecule has 0 aliphatic carbocycles. The number of esters is 2. The maximum atomic E-state index is 14.2. The van der Waals surface area contributed by atoms with Crippen molar-refractivity contribution >= 4 is 46.5 Å². The molecule has 8 heteroatoms. The Morgan fingerprint density at radius 1 is 0.900 bits per heavy atom. The summed E-state index contributed by atoms with van der Waals surface area (Å²) in [6, 6.07) is 21.0. The van der Waals surface area contributed by atoms with Crippen LogP contribution in [0.3, 0.4) is 0 Å². The minimum absolute atomic E-state index is 0.0170. The van der Waals surface area contributed by atoms with Crippen LogP contribution in [0.15, 0.2) is 90.0 Å². The number of aryl methyl sites for hydroxylation is 1. The van der Waals surface area contributed by atoms with E-state index in [2.05, 4.69) is 0 Å². The molecule has 0 saturated carbocycles. The number of hydrogen-bond donors (Lipinski definition) is 0. The Kier molecular flexibility index (Phi) is 8.97. The number of Topliss-reactive ketones (excluding diaryl/α,β-unsaturated/α-hetero) is 1. The SMILES string of the molecule is CCOC(=O)/C=C(C(=O)OCC)\C(C(=O)c1ccc(C)cc1)=C1/C(=O)N(Cc2ccccc2)c2ccc(Cl)cc21. The van der Waals surface area contributed by atoms with Crippen LogP contribution in [-0.4, -0.2) is 36.8 Å². The molecule has 1 heterocycles. The predicted octanol–water partition coefficient (Wildman–Crippen LogP) is 5.88. The minimum atomic E-state index is -0.934. The molecule has 7 nitrogen and oxygen atoms in total. The minimum Gasteiger partial charge on any atom is -0.463 e. The van der Waals surface area contributed by atoms with Crippen LogP contribution in [0.1, 0.15) is 40.9 Å². The lowest BCUT2D eigenvalue weighted by Gasteiger charge is -2.18. The lowest BCUT2D eigenvalue weighted by molar-refractivity contribution is -0.140. The molecule has 0 spiro atoms. The smallest absolute Gasteiger partial charge is 0.339 e. The molecule has 0 fully saturated rings. The first kappa shape index (κ1) is 28.5. The van der Waals surface area contributed by atoms with Gasteiger partial charge in [-0.05, 0) is 44.5 Å². The summed E-state index contributed by atoms with van der Waals surface area (Å²) in [5, 5.41) is 0.333. The van der Waals surface area contributed by atoms with Crippen LogP contribution in [0.25, 0.3) is 5.57 Å². The van der Waals surface area contributed by atoms with Gasteiger partial charge < -0.3 is 14.4 Å². The highest BCUT2D eigenvalue weighted by Gasteiger charge is 2.39. The van der Waals surface area contributed by atoms with Crippen molar-refractivity contribution in [3.8, 4) is 0 Å². The third kappa shape index (κ3) is 6.05. The van der Waals surface area contributed by atoms with Crippen LogP contribution in [0.4, 0.5) is 5.69 Å². The second kappa shape index (κ2) is 12.6. The number of benzene rings is 3. The van der Waals surface area contributed by atoms with E-state index in [9.17, 15) is 19.2 Å². The van der Waals surface area contributed by atoms with Crippen molar-refractivity contribution in [2.75, 3.05) is 18.1 Å². The van der Waals surface area contributed by atoms with Gasteiger partial charge in [-0.2, -0.15) is 0 Å². The molecule has 1 amide bonds. The van der Waals surface area contributed by atoms with Crippen LogP contribution >= 0.6 is 11.6 Å². The van der Waals surface area contributed by atoms with E-state index in [0.717, 1.165) is 17.2 Å². The fraction of sp³-hybridized carbons (Fsp3) is 0.188. The van der Waals surface area contributed by atoms with Gasteiger partial charge in [0.25, 0.3) is 5.91 Å². The average Bonchev–Trinajstić information content (AvgIpc) is 3.19. The number of hydrogen-bond acceptors (Lipinski definition) is 6. The van der Waals surface area contributed by atoms with E-state index in [0.29, 0.717) is 16.3 Å². The number of carbonyl (C=O) groups excluding carboxylic acids is 4. The number of carbonyl (C=O) groups is 4. The lowest BCUT2D eigenvalue weighted by Crippen LogP contribution is -2.27. The van der Waals surface area contributed by atoms with E-state index < -0.39 is 23.6 Å². The molecule has 1 aliphatic heterocycles. The molecule has 0 unspecified atom stereocenters. The zero-order valence-electron chi connectivity index (χ0n) is 22.4. The van der Waals surface area contributed by atoms with Crippen molar-refractivity contribution in [2.45, 2.75) is 27.3 Å². The number of halogens is 1. The van der Waals surface area contributed by atoms with Gasteiger partial charge in [-0.1, -0.05) is 71.8 Å². The Balaban J connectivity index is 2.03. The molecule has 0 N–H and O–H groups in total. The fourth-order valence-electron chi connectivity index (χ4n) is 4.43. The molecule has 3 aromatic rings. The van der Waals surface area contributed by atoms with Crippen molar-refractivity contribution in [2.24, 2.45) is 0 Å². The van der Waals surface area contributed by atoms with Gasteiger partial charge in [0.05, 0.1) is 42.2 Å².